The molecule has 1 aliphatic rings. The molecule has 0 aromatic heterocycles. The summed E-state index contributed by atoms with van der Waals surface area (Å²) in [5.41, 5.74) is 5.36. The van der Waals surface area contributed by atoms with Crippen LogP contribution in [0.15, 0.2) is 42.5 Å². The summed E-state index contributed by atoms with van der Waals surface area (Å²) in [6, 6.07) is 14.0. The largest absolute Gasteiger partial charge is 0.336 e. The topological polar surface area (TPSA) is 49.4 Å². The third kappa shape index (κ3) is 3.79. The van der Waals surface area contributed by atoms with Crippen molar-refractivity contribution in [2.45, 2.75) is 39.0 Å². The van der Waals surface area contributed by atoms with Gasteiger partial charge in [0.1, 0.15) is 0 Å². The van der Waals surface area contributed by atoms with E-state index >= 15 is 0 Å². The number of benzene rings is 2. The Bertz CT molecular complexity index is 829. The lowest BCUT2D eigenvalue weighted by Gasteiger charge is -2.28. The van der Waals surface area contributed by atoms with E-state index in [2.05, 4.69) is 11.4 Å². The van der Waals surface area contributed by atoms with Gasteiger partial charge in [0.05, 0.1) is 12.5 Å². The first kappa shape index (κ1) is 18.2. The molecule has 2 amide bonds. The molecular formula is C22H26N2O2. The average Bonchev–Trinajstić information content (AvgIpc) is 2.64. The normalized spacial score (nSPS) is 15.9. The van der Waals surface area contributed by atoms with Gasteiger partial charge in [0.25, 0.3) is 0 Å². The molecule has 4 heteroatoms. The molecule has 26 heavy (non-hydrogen) atoms. The van der Waals surface area contributed by atoms with Crippen molar-refractivity contribution < 1.29 is 9.59 Å². The van der Waals surface area contributed by atoms with E-state index in [-0.39, 0.29) is 24.3 Å². The van der Waals surface area contributed by atoms with Crippen LogP contribution in [-0.2, 0) is 16.0 Å². The van der Waals surface area contributed by atoms with Gasteiger partial charge in [-0.3, -0.25) is 9.59 Å². The molecule has 0 radical (unpaired) electrons. The van der Waals surface area contributed by atoms with Crippen molar-refractivity contribution in [1.82, 2.24) is 4.90 Å². The van der Waals surface area contributed by atoms with E-state index in [0.717, 1.165) is 41.6 Å². The van der Waals surface area contributed by atoms with Crippen molar-refractivity contribution in [1.29, 1.82) is 0 Å². The molecule has 2 aromatic carbocycles. The zero-order valence-electron chi connectivity index (χ0n) is 15.7. The molecule has 1 N–H and O–H groups in total. The van der Waals surface area contributed by atoms with Crippen LogP contribution in [0.1, 0.15) is 41.0 Å². The van der Waals surface area contributed by atoms with Crippen molar-refractivity contribution in [2.75, 3.05) is 18.9 Å². The van der Waals surface area contributed by atoms with Gasteiger partial charge in [-0.05, 0) is 61.4 Å². The molecule has 0 saturated carbocycles. The molecule has 2 aromatic rings. The van der Waals surface area contributed by atoms with E-state index in [1.165, 1.54) is 5.56 Å². The van der Waals surface area contributed by atoms with Gasteiger partial charge < -0.3 is 10.2 Å². The smallest absolute Gasteiger partial charge is 0.243 e. The van der Waals surface area contributed by atoms with E-state index in [1.54, 1.807) is 11.9 Å². The number of aryl methyl sites for hydroxylation is 2. The number of fused-ring (bicyclic) bond motifs is 1. The van der Waals surface area contributed by atoms with Gasteiger partial charge in [-0.15, -0.1) is 0 Å². The Morgan fingerprint density at radius 2 is 1.88 bits per heavy atom. The molecule has 0 bridgehead atoms. The summed E-state index contributed by atoms with van der Waals surface area (Å²) < 4.78 is 0. The van der Waals surface area contributed by atoms with E-state index in [9.17, 15) is 9.59 Å². The van der Waals surface area contributed by atoms with E-state index in [1.807, 2.05) is 50.2 Å². The minimum Gasteiger partial charge on any atom is -0.336 e. The molecule has 4 nitrogen and oxygen atoms in total. The second kappa shape index (κ2) is 7.73. The van der Waals surface area contributed by atoms with Crippen molar-refractivity contribution in [3.05, 3.63) is 64.7 Å². The Balaban J connectivity index is 1.66. The highest BCUT2D eigenvalue weighted by atomic mass is 16.2. The van der Waals surface area contributed by atoms with Gasteiger partial charge in [-0.25, -0.2) is 0 Å². The predicted molar refractivity (Wildman–Crippen MR) is 104 cm³/mol. The zero-order chi connectivity index (χ0) is 18.7. The molecule has 1 atom stereocenters. The minimum absolute atomic E-state index is 0.0215. The van der Waals surface area contributed by atoms with Gasteiger partial charge in [0.2, 0.25) is 11.8 Å². The summed E-state index contributed by atoms with van der Waals surface area (Å²) >= 11 is 0. The standard InChI is InChI=1S/C22H26N2O2/c1-15-8-6-13-20(16(15)2)23-21(25)14-24(3)22(26)19-12-7-10-17-9-4-5-11-18(17)19/h4-6,8-9,11,13,19H,7,10,12,14H2,1-3H3,(H,23,25). The molecule has 3 rings (SSSR count). The van der Waals surface area contributed by atoms with Gasteiger partial charge in [0.15, 0.2) is 0 Å². The summed E-state index contributed by atoms with van der Waals surface area (Å²) in [7, 11) is 1.71. The quantitative estimate of drug-likeness (QED) is 0.911. The average molecular weight is 350 g/mol. The maximum atomic E-state index is 12.9. The molecule has 0 aliphatic heterocycles. The Morgan fingerprint density at radius 3 is 2.69 bits per heavy atom. The molecule has 1 aliphatic carbocycles. The first-order chi connectivity index (χ1) is 12.5. The number of carbonyl (C=O) groups is 2. The zero-order valence-corrected chi connectivity index (χ0v) is 15.7. The number of nitrogens with one attached hydrogen (secondary N) is 1. The third-order valence-electron chi connectivity index (χ3n) is 5.30. The number of hydrogen-bond donors (Lipinski definition) is 1. The van der Waals surface area contributed by atoms with Crippen LogP contribution >= 0.6 is 0 Å². The van der Waals surface area contributed by atoms with Crippen LogP contribution in [0.5, 0.6) is 0 Å². The highest BCUT2D eigenvalue weighted by Gasteiger charge is 2.29. The highest BCUT2D eigenvalue weighted by molar-refractivity contribution is 5.96. The first-order valence-corrected chi connectivity index (χ1v) is 9.16. The molecule has 0 heterocycles. The fourth-order valence-corrected chi connectivity index (χ4v) is 3.65. The number of amides is 2. The second-order valence-corrected chi connectivity index (χ2v) is 7.13. The van der Waals surface area contributed by atoms with Gasteiger partial charge >= 0.3 is 0 Å². The van der Waals surface area contributed by atoms with Crippen molar-refractivity contribution in [2.24, 2.45) is 0 Å². The predicted octanol–water partition coefficient (Wildman–Crippen LogP) is 3.82. The van der Waals surface area contributed by atoms with Gasteiger partial charge in [-0.1, -0.05) is 36.4 Å². The summed E-state index contributed by atoms with van der Waals surface area (Å²) in [5, 5.41) is 2.93. The van der Waals surface area contributed by atoms with Crippen LogP contribution in [0, 0.1) is 13.8 Å². The number of anilines is 1. The lowest BCUT2D eigenvalue weighted by Crippen LogP contribution is -2.38. The minimum atomic E-state index is -0.168. The van der Waals surface area contributed by atoms with Crippen LogP contribution in [0.2, 0.25) is 0 Å². The number of rotatable bonds is 4. The maximum absolute atomic E-state index is 12.9. The monoisotopic (exact) mass is 350 g/mol. The van der Waals surface area contributed by atoms with Crippen LogP contribution < -0.4 is 5.32 Å². The number of hydrogen-bond acceptors (Lipinski definition) is 2. The van der Waals surface area contributed by atoms with Gasteiger partial charge in [-0.2, -0.15) is 0 Å². The lowest BCUT2D eigenvalue weighted by atomic mass is 9.82. The molecule has 1 unspecified atom stereocenters. The van der Waals surface area contributed by atoms with E-state index in [0.29, 0.717) is 0 Å². The maximum Gasteiger partial charge on any atom is 0.243 e. The number of likely N-dealkylation sites (N-methyl/N-ethyl adjacent to an activating group) is 1. The SMILES string of the molecule is Cc1cccc(NC(=O)CN(C)C(=O)C2CCCc3ccccc32)c1C. The summed E-state index contributed by atoms with van der Waals surface area (Å²) in [6.07, 6.45) is 2.88. The van der Waals surface area contributed by atoms with Crippen LogP contribution in [-0.4, -0.2) is 30.3 Å². The van der Waals surface area contributed by atoms with Crippen molar-refractivity contribution in [3.8, 4) is 0 Å². The van der Waals surface area contributed by atoms with Crippen LogP contribution in [0.4, 0.5) is 5.69 Å². The lowest BCUT2D eigenvalue weighted by molar-refractivity contribution is -0.134. The van der Waals surface area contributed by atoms with Gasteiger partial charge in [0, 0.05) is 12.7 Å². The molecular weight excluding hydrogens is 324 g/mol. The first-order valence-electron chi connectivity index (χ1n) is 9.16. The third-order valence-corrected chi connectivity index (χ3v) is 5.30. The second-order valence-electron chi connectivity index (χ2n) is 7.13. The fourth-order valence-electron chi connectivity index (χ4n) is 3.65. The number of nitrogens with zero attached hydrogens (tertiary/aromatic N) is 1. The highest BCUT2D eigenvalue weighted by Crippen LogP contribution is 2.32. The summed E-state index contributed by atoms with van der Waals surface area (Å²) in [4.78, 5) is 26.9. The molecule has 0 saturated heterocycles. The Hall–Kier alpha value is -2.62. The molecule has 0 fully saturated rings. The van der Waals surface area contributed by atoms with Crippen LogP contribution in [0.25, 0.3) is 0 Å². The van der Waals surface area contributed by atoms with E-state index in [4.69, 9.17) is 0 Å². The Kier molecular flexibility index (Phi) is 5.40. The van der Waals surface area contributed by atoms with Crippen molar-refractivity contribution in [3.63, 3.8) is 0 Å². The van der Waals surface area contributed by atoms with E-state index < -0.39 is 0 Å². The Labute approximate surface area is 155 Å². The van der Waals surface area contributed by atoms with Crippen LogP contribution in [0.3, 0.4) is 0 Å². The molecule has 136 valence electrons. The Morgan fingerprint density at radius 1 is 1.12 bits per heavy atom. The summed E-state index contributed by atoms with van der Waals surface area (Å²) in [6.45, 7) is 4.06. The van der Waals surface area contributed by atoms with Crippen molar-refractivity contribution >= 4 is 17.5 Å². The molecule has 0 spiro atoms. The fraction of sp³-hybridized carbons (Fsp3) is 0.364. The number of carbonyl (C=O) groups excluding carboxylic acids is 2. The summed E-state index contributed by atoms with van der Waals surface area (Å²) in [5.74, 6) is -0.287.